The monoisotopic (exact) mass is 357 g/mol. The average molecular weight is 357 g/mol. The molecule has 1 amide bonds. The van der Waals surface area contributed by atoms with Crippen molar-refractivity contribution < 1.29 is 9.72 Å². The molecule has 1 aromatic heterocycles. The van der Waals surface area contributed by atoms with Crippen LogP contribution in [0.15, 0.2) is 36.5 Å². The van der Waals surface area contributed by atoms with Crippen molar-refractivity contribution in [2.75, 3.05) is 26.2 Å². The fraction of sp³-hybridized carbons (Fsp3) is 0.444. The van der Waals surface area contributed by atoms with Crippen molar-refractivity contribution >= 4 is 11.7 Å². The summed E-state index contributed by atoms with van der Waals surface area (Å²) < 4.78 is 1.45. The zero-order chi connectivity index (χ0) is 18.5. The highest BCUT2D eigenvalue weighted by Gasteiger charge is 2.22. The normalized spacial score (nSPS) is 15.2. The number of rotatable bonds is 6. The van der Waals surface area contributed by atoms with E-state index in [1.807, 2.05) is 11.0 Å². The van der Waals surface area contributed by atoms with Crippen LogP contribution in [0, 0.1) is 17.0 Å². The van der Waals surface area contributed by atoms with E-state index in [0.29, 0.717) is 26.1 Å². The van der Waals surface area contributed by atoms with Gasteiger partial charge in [-0.2, -0.15) is 4.68 Å². The van der Waals surface area contributed by atoms with E-state index in [1.54, 1.807) is 0 Å². The van der Waals surface area contributed by atoms with Crippen LogP contribution < -0.4 is 0 Å². The second-order valence-electron chi connectivity index (χ2n) is 6.53. The van der Waals surface area contributed by atoms with Gasteiger partial charge in [0.15, 0.2) is 0 Å². The van der Waals surface area contributed by atoms with Gasteiger partial charge in [-0.05, 0) is 23.0 Å². The maximum Gasteiger partial charge on any atom is 0.389 e. The molecule has 1 aromatic carbocycles. The van der Waals surface area contributed by atoms with Crippen LogP contribution in [0.3, 0.4) is 0 Å². The van der Waals surface area contributed by atoms with Crippen molar-refractivity contribution in [3.05, 3.63) is 57.8 Å². The van der Waals surface area contributed by atoms with Gasteiger partial charge < -0.3 is 15.0 Å². The molecule has 0 atom stereocenters. The second-order valence-corrected chi connectivity index (χ2v) is 6.53. The molecule has 1 aliphatic heterocycles. The SMILES string of the molecule is Cc1ccccc1CN1CCN(C(=O)CCn2ccc([N+](=O)[O-])n2)CC1. The first kappa shape index (κ1) is 18.1. The van der Waals surface area contributed by atoms with Crippen molar-refractivity contribution in [3.63, 3.8) is 0 Å². The van der Waals surface area contributed by atoms with Gasteiger partial charge in [0.05, 0.1) is 23.9 Å². The van der Waals surface area contributed by atoms with E-state index in [4.69, 9.17) is 0 Å². The molecule has 0 aliphatic carbocycles. The molecule has 0 spiro atoms. The van der Waals surface area contributed by atoms with Gasteiger partial charge in [0.2, 0.25) is 5.91 Å². The van der Waals surface area contributed by atoms with Crippen LogP contribution in [0.2, 0.25) is 0 Å². The van der Waals surface area contributed by atoms with Gasteiger partial charge in [-0.3, -0.25) is 9.69 Å². The van der Waals surface area contributed by atoms with E-state index < -0.39 is 4.92 Å². The molecule has 1 fully saturated rings. The Kier molecular flexibility index (Phi) is 5.62. The molecule has 3 rings (SSSR count). The molecule has 2 heterocycles. The molecular weight excluding hydrogens is 334 g/mol. The van der Waals surface area contributed by atoms with Crippen LogP contribution in [0.5, 0.6) is 0 Å². The van der Waals surface area contributed by atoms with Crippen LogP contribution >= 0.6 is 0 Å². The maximum atomic E-state index is 12.4. The van der Waals surface area contributed by atoms with E-state index in [-0.39, 0.29) is 11.7 Å². The Morgan fingerprint density at radius 2 is 1.92 bits per heavy atom. The molecule has 26 heavy (non-hydrogen) atoms. The minimum absolute atomic E-state index is 0.0682. The first-order valence-corrected chi connectivity index (χ1v) is 8.75. The highest BCUT2D eigenvalue weighted by atomic mass is 16.6. The summed E-state index contributed by atoms with van der Waals surface area (Å²) in [6, 6.07) is 9.71. The molecular formula is C18H23N5O3. The molecule has 8 heteroatoms. The van der Waals surface area contributed by atoms with Gasteiger partial charge in [0.1, 0.15) is 0 Å². The quantitative estimate of drug-likeness (QED) is 0.582. The van der Waals surface area contributed by atoms with Gasteiger partial charge in [-0.15, -0.1) is 0 Å². The van der Waals surface area contributed by atoms with E-state index in [2.05, 4.69) is 35.1 Å². The molecule has 2 aromatic rings. The predicted molar refractivity (Wildman–Crippen MR) is 96.5 cm³/mol. The number of carbonyl (C=O) groups is 1. The number of carbonyl (C=O) groups excluding carboxylic acids is 1. The van der Waals surface area contributed by atoms with Crippen molar-refractivity contribution in [1.29, 1.82) is 0 Å². The van der Waals surface area contributed by atoms with Crippen molar-refractivity contribution in [3.8, 4) is 0 Å². The fourth-order valence-corrected chi connectivity index (χ4v) is 3.12. The van der Waals surface area contributed by atoms with Crippen molar-refractivity contribution in [2.24, 2.45) is 0 Å². The molecule has 1 saturated heterocycles. The second kappa shape index (κ2) is 8.09. The highest BCUT2D eigenvalue weighted by molar-refractivity contribution is 5.76. The van der Waals surface area contributed by atoms with Crippen molar-refractivity contribution in [1.82, 2.24) is 19.6 Å². The summed E-state index contributed by atoms with van der Waals surface area (Å²) in [7, 11) is 0. The number of aryl methyl sites for hydroxylation is 2. The average Bonchev–Trinajstić information content (AvgIpc) is 3.12. The van der Waals surface area contributed by atoms with Crippen LogP contribution in [0.25, 0.3) is 0 Å². The molecule has 138 valence electrons. The van der Waals surface area contributed by atoms with E-state index in [0.717, 1.165) is 19.6 Å². The lowest BCUT2D eigenvalue weighted by Crippen LogP contribution is -2.48. The van der Waals surface area contributed by atoms with Gasteiger partial charge >= 0.3 is 5.82 Å². The summed E-state index contributed by atoms with van der Waals surface area (Å²) >= 11 is 0. The van der Waals surface area contributed by atoms with Gasteiger partial charge in [-0.1, -0.05) is 24.3 Å². The zero-order valence-corrected chi connectivity index (χ0v) is 14.9. The summed E-state index contributed by atoms with van der Waals surface area (Å²) in [5.74, 6) is -0.124. The Labute approximate surface area is 152 Å². The Bertz CT molecular complexity index is 781. The van der Waals surface area contributed by atoms with Gasteiger partial charge in [0.25, 0.3) is 0 Å². The Morgan fingerprint density at radius 3 is 2.58 bits per heavy atom. The highest BCUT2D eigenvalue weighted by Crippen LogP contribution is 2.13. The minimum Gasteiger partial charge on any atom is -0.358 e. The van der Waals surface area contributed by atoms with E-state index in [1.165, 1.54) is 28.1 Å². The minimum atomic E-state index is -0.536. The smallest absolute Gasteiger partial charge is 0.358 e. The molecule has 0 radical (unpaired) electrons. The molecule has 0 bridgehead atoms. The number of nitro groups is 1. The summed E-state index contributed by atoms with van der Waals surface area (Å²) in [5.41, 5.74) is 2.62. The van der Waals surface area contributed by atoms with Crippen LogP contribution in [-0.4, -0.2) is 56.6 Å². The van der Waals surface area contributed by atoms with Crippen LogP contribution in [-0.2, 0) is 17.9 Å². The third kappa shape index (κ3) is 4.45. The van der Waals surface area contributed by atoms with Crippen molar-refractivity contribution in [2.45, 2.75) is 26.4 Å². The summed E-state index contributed by atoms with van der Waals surface area (Å²) in [5, 5.41) is 14.5. The van der Waals surface area contributed by atoms with Crippen LogP contribution in [0.1, 0.15) is 17.5 Å². The Balaban J connectivity index is 1.44. The first-order chi connectivity index (χ1) is 12.5. The van der Waals surface area contributed by atoms with Gasteiger partial charge in [-0.25, -0.2) is 0 Å². The number of benzene rings is 1. The van der Waals surface area contributed by atoms with E-state index >= 15 is 0 Å². The third-order valence-corrected chi connectivity index (χ3v) is 4.75. The predicted octanol–water partition coefficient (Wildman–Crippen LogP) is 1.83. The Morgan fingerprint density at radius 1 is 1.19 bits per heavy atom. The lowest BCUT2D eigenvalue weighted by atomic mass is 10.1. The molecule has 1 aliphatic rings. The summed E-state index contributed by atoms with van der Waals surface area (Å²) in [6.07, 6.45) is 1.84. The summed E-state index contributed by atoms with van der Waals surface area (Å²) in [6.45, 7) is 6.52. The molecule has 0 unspecified atom stereocenters. The van der Waals surface area contributed by atoms with E-state index in [9.17, 15) is 14.9 Å². The molecule has 8 nitrogen and oxygen atoms in total. The van der Waals surface area contributed by atoms with Crippen LogP contribution in [0.4, 0.5) is 5.82 Å². The standard InChI is InChI=1S/C18H23N5O3/c1-15-4-2-3-5-16(15)14-20-10-12-21(13-11-20)18(24)7-9-22-8-6-17(19-22)23(25)26/h2-6,8H,7,9-14H2,1H3. The third-order valence-electron chi connectivity index (χ3n) is 4.75. The number of nitrogens with zero attached hydrogens (tertiary/aromatic N) is 5. The Hall–Kier alpha value is -2.74. The largest absolute Gasteiger partial charge is 0.389 e. The topological polar surface area (TPSA) is 84.5 Å². The fourth-order valence-electron chi connectivity index (χ4n) is 3.12. The maximum absolute atomic E-state index is 12.4. The lowest BCUT2D eigenvalue weighted by molar-refractivity contribution is -0.389. The summed E-state index contributed by atoms with van der Waals surface area (Å²) in [4.78, 5) is 26.7. The number of amides is 1. The van der Waals surface area contributed by atoms with Gasteiger partial charge in [0, 0.05) is 39.1 Å². The first-order valence-electron chi connectivity index (χ1n) is 8.75. The molecule has 0 N–H and O–H groups in total. The number of hydrogen-bond acceptors (Lipinski definition) is 5. The zero-order valence-electron chi connectivity index (χ0n) is 14.9. The lowest BCUT2D eigenvalue weighted by Gasteiger charge is -2.35. The number of piperazine rings is 1. The number of hydrogen-bond donors (Lipinski definition) is 0. The number of aromatic nitrogens is 2. The molecule has 0 saturated carbocycles.